The highest BCUT2D eigenvalue weighted by Crippen LogP contribution is 2.33. The Labute approximate surface area is 137 Å². The van der Waals surface area contributed by atoms with Crippen LogP contribution in [0.3, 0.4) is 0 Å². The molecule has 114 valence electrons. The summed E-state index contributed by atoms with van der Waals surface area (Å²) in [7, 11) is -3.74. The molecule has 1 heterocycles. The molecule has 4 nitrogen and oxygen atoms in total. The smallest absolute Gasteiger partial charge is 0.242 e. The standard InChI is InChI=1S/C13H13Cl2NO3S2/c1-2-19-12-6-11(15)13(7-10(12)14)21(17,18)16-8-9-4-3-5-20-9/h3-7,16H,2,8H2,1H3. The number of nitrogens with one attached hydrogen (secondary N) is 1. The van der Waals surface area contributed by atoms with Crippen LogP contribution in [0.15, 0.2) is 34.5 Å². The van der Waals surface area contributed by atoms with Crippen molar-refractivity contribution in [2.24, 2.45) is 0 Å². The van der Waals surface area contributed by atoms with E-state index in [1.54, 1.807) is 6.92 Å². The zero-order chi connectivity index (χ0) is 15.5. The normalized spacial score (nSPS) is 11.6. The maximum Gasteiger partial charge on any atom is 0.242 e. The van der Waals surface area contributed by atoms with Gasteiger partial charge in [0.2, 0.25) is 10.0 Å². The Bertz CT molecular complexity index is 715. The highest BCUT2D eigenvalue weighted by atomic mass is 35.5. The topological polar surface area (TPSA) is 55.4 Å². The van der Waals surface area contributed by atoms with E-state index >= 15 is 0 Å². The Balaban J connectivity index is 2.25. The lowest BCUT2D eigenvalue weighted by Gasteiger charge is -2.11. The molecule has 1 aromatic carbocycles. The summed E-state index contributed by atoms with van der Waals surface area (Å²) in [6.45, 7) is 2.43. The van der Waals surface area contributed by atoms with Gasteiger partial charge in [0.05, 0.1) is 16.7 Å². The van der Waals surface area contributed by atoms with Gasteiger partial charge in [0.15, 0.2) is 0 Å². The number of rotatable bonds is 6. The van der Waals surface area contributed by atoms with Gasteiger partial charge in [0, 0.05) is 17.5 Å². The molecule has 0 bridgehead atoms. The third-order valence-corrected chi connectivity index (χ3v) is 5.63. The van der Waals surface area contributed by atoms with Gasteiger partial charge in [-0.15, -0.1) is 11.3 Å². The van der Waals surface area contributed by atoms with E-state index in [1.807, 2.05) is 17.5 Å². The zero-order valence-corrected chi connectivity index (χ0v) is 14.2. The molecule has 0 aliphatic rings. The van der Waals surface area contributed by atoms with Gasteiger partial charge in [-0.05, 0) is 24.4 Å². The summed E-state index contributed by atoms with van der Waals surface area (Å²) in [5, 5.41) is 2.16. The van der Waals surface area contributed by atoms with E-state index in [2.05, 4.69) is 4.72 Å². The second-order valence-corrected chi connectivity index (χ2v) is 7.63. The van der Waals surface area contributed by atoms with Crippen molar-refractivity contribution in [2.75, 3.05) is 6.61 Å². The van der Waals surface area contributed by atoms with Crippen LogP contribution in [-0.4, -0.2) is 15.0 Å². The van der Waals surface area contributed by atoms with E-state index in [0.29, 0.717) is 12.4 Å². The average molecular weight is 366 g/mol. The fraction of sp³-hybridized carbons (Fsp3) is 0.231. The van der Waals surface area contributed by atoms with Crippen LogP contribution in [0.5, 0.6) is 5.75 Å². The lowest BCUT2D eigenvalue weighted by atomic mass is 10.3. The minimum atomic E-state index is -3.74. The molecular formula is C13H13Cl2NO3S2. The predicted molar refractivity (Wildman–Crippen MR) is 86.0 cm³/mol. The Hall–Kier alpha value is -0.790. The molecule has 0 atom stereocenters. The van der Waals surface area contributed by atoms with Gasteiger partial charge in [-0.1, -0.05) is 29.3 Å². The average Bonchev–Trinajstić information content (AvgIpc) is 2.94. The van der Waals surface area contributed by atoms with Crippen molar-refractivity contribution in [1.82, 2.24) is 4.72 Å². The van der Waals surface area contributed by atoms with Gasteiger partial charge in [-0.2, -0.15) is 0 Å². The Morgan fingerprint density at radius 3 is 2.67 bits per heavy atom. The monoisotopic (exact) mass is 365 g/mol. The zero-order valence-electron chi connectivity index (χ0n) is 11.1. The lowest BCUT2D eigenvalue weighted by molar-refractivity contribution is 0.340. The lowest BCUT2D eigenvalue weighted by Crippen LogP contribution is -2.23. The molecular weight excluding hydrogens is 353 g/mol. The first-order valence-electron chi connectivity index (χ1n) is 6.08. The van der Waals surface area contributed by atoms with E-state index in [4.69, 9.17) is 27.9 Å². The maximum absolute atomic E-state index is 12.3. The molecule has 2 rings (SSSR count). The Morgan fingerprint density at radius 2 is 2.05 bits per heavy atom. The predicted octanol–water partition coefficient (Wildman–Crippen LogP) is 3.93. The van der Waals surface area contributed by atoms with Gasteiger partial charge < -0.3 is 4.74 Å². The first-order valence-corrected chi connectivity index (χ1v) is 9.20. The minimum Gasteiger partial charge on any atom is -0.492 e. The number of benzene rings is 1. The summed E-state index contributed by atoms with van der Waals surface area (Å²) in [5.74, 6) is 0.362. The van der Waals surface area contributed by atoms with Crippen LogP contribution in [0.4, 0.5) is 0 Å². The quantitative estimate of drug-likeness (QED) is 0.843. The van der Waals surface area contributed by atoms with Crippen molar-refractivity contribution in [2.45, 2.75) is 18.4 Å². The van der Waals surface area contributed by atoms with Crippen LogP contribution in [0.1, 0.15) is 11.8 Å². The summed E-state index contributed by atoms with van der Waals surface area (Å²) in [4.78, 5) is 0.848. The van der Waals surface area contributed by atoms with Crippen LogP contribution in [-0.2, 0) is 16.6 Å². The highest BCUT2D eigenvalue weighted by Gasteiger charge is 2.20. The number of thiophene rings is 1. The first kappa shape index (κ1) is 16.6. The second-order valence-electron chi connectivity index (χ2n) is 4.05. The van der Waals surface area contributed by atoms with Crippen LogP contribution < -0.4 is 9.46 Å². The Kier molecular flexibility index (Phi) is 5.51. The summed E-state index contributed by atoms with van der Waals surface area (Å²) >= 11 is 13.5. The largest absolute Gasteiger partial charge is 0.492 e. The van der Waals surface area contributed by atoms with Crippen molar-refractivity contribution in [3.05, 3.63) is 44.6 Å². The SMILES string of the molecule is CCOc1cc(Cl)c(S(=O)(=O)NCc2cccs2)cc1Cl. The van der Waals surface area contributed by atoms with Crippen molar-refractivity contribution >= 4 is 44.6 Å². The first-order chi connectivity index (χ1) is 9.94. The van der Waals surface area contributed by atoms with E-state index in [0.717, 1.165) is 4.88 Å². The summed E-state index contributed by atoms with van der Waals surface area (Å²) in [5.41, 5.74) is 0. The molecule has 0 unspecified atom stereocenters. The van der Waals surface area contributed by atoms with Gasteiger partial charge in [0.1, 0.15) is 10.6 Å². The highest BCUT2D eigenvalue weighted by molar-refractivity contribution is 7.89. The molecule has 2 aromatic rings. The van der Waals surface area contributed by atoms with Gasteiger partial charge in [-0.3, -0.25) is 0 Å². The molecule has 1 N–H and O–H groups in total. The third-order valence-electron chi connectivity index (χ3n) is 2.59. The van der Waals surface area contributed by atoms with Gasteiger partial charge in [0.25, 0.3) is 0 Å². The van der Waals surface area contributed by atoms with E-state index in [1.165, 1.54) is 23.5 Å². The molecule has 0 spiro atoms. The van der Waals surface area contributed by atoms with E-state index in [-0.39, 0.29) is 21.5 Å². The minimum absolute atomic E-state index is 0.0609. The molecule has 0 saturated carbocycles. The molecule has 0 amide bonds. The maximum atomic E-state index is 12.3. The van der Waals surface area contributed by atoms with Crippen molar-refractivity contribution in [3.8, 4) is 5.75 Å². The number of hydrogen-bond acceptors (Lipinski definition) is 4. The van der Waals surface area contributed by atoms with Crippen LogP contribution in [0, 0.1) is 0 Å². The number of sulfonamides is 1. The van der Waals surface area contributed by atoms with E-state index in [9.17, 15) is 8.42 Å². The Morgan fingerprint density at radius 1 is 1.29 bits per heavy atom. The molecule has 21 heavy (non-hydrogen) atoms. The third kappa shape index (κ3) is 4.11. The molecule has 0 saturated heterocycles. The number of ether oxygens (including phenoxy) is 1. The van der Waals surface area contributed by atoms with Crippen LogP contribution in [0.25, 0.3) is 0 Å². The molecule has 8 heteroatoms. The van der Waals surface area contributed by atoms with Gasteiger partial charge >= 0.3 is 0 Å². The number of hydrogen-bond donors (Lipinski definition) is 1. The summed E-state index contributed by atoms with van der Waals surface area (Å²) in [6.07, 6.45) is 0. The van der Waals surface area contributed by atoms with E-state index < -0.39 is 10.0 Å². The van der Waals surface area contributed by atoms with Crippen molar-refractivity contribution in [1.29, 1.82) is 0 Å². The summed E-state index contributed by atoms with van der Waals surface area (Å²) in [6, 6.07) is 6.41. The van der Waals surface area contributed by atoms with Crippen molar-refractivity contribution in [3.63, 3.8) is 0 Å². The summed E-state index contributed by atoms with van der Waals surface area (Å²) < 4.78 is 32.3. The van der Waals surface area contributed by atoms with Crippen LogP contribution >= 0.6 is 34.5 Å². The molecule has 0 aliphatic heterocycles. The fourth-order valence-corrected chi connectivity index (χ4v) is 4.21. The molecule has 0 fully saturated rings. The number of halogens is 2. The second kappa shape index (κ2) is 6.98. The fourth-order valence-electron chi connectivity index (χ4n) is 1.64. The van der Waals surface area contributed by atoms with Crippen LogP contribution in [0.2, 0.25) is 10.0 Å². The molecule has 0 radical (unpaired) electrons. The van der Waals surface area contributed by atoms with Crippen molar-refractivity contribution < 1.29 is 13.2 Å². The van der Waals surface area contributed by atoms with Gasteiger partial charge in [-0.25, -0.2) is 13.1 Å². The molecule has 0 aliphatic carbocycles. The molecule has 1 aromatic heterocycles.